The van der Waals surface area contributed by atoms with Crippen molar-refractivity contribution in [1.82, 2.24) is 10.2 Å². The van der Waals surface area contributed by atoms with Crippen LogP contribution in [-0.2, 0) is 4.79 Å². The number of carbonyl (C=O) groups excluding carboxylic acids is 1. The van der Waals surface area contributed by atoms with Crippen molar-refractivity contribution in [2.75, 3.05) is 13.1 Å². The summed E-state index contributed by atoms with van der Waals surface area (Å²) in [4.78, 5) is 13.8. The first-order valence-electron chi connectivity index (χ1n) is 8.67. The number of amides is 1. The zero-order chi connectivity index (χ0) is 16.2. The molecule has 23 heavy (non-hydrogen) atoms. The molecule has 0 aromatic carbocycles. The molecule has 1 saturated heterocycles. The van der Waals surface area contributed by atoms with Gasteiger partial charge in [0.1, 0.15) is 12.2 Å². The Kier molecular flexibility index (Phi) is 3.62. The molecular weight excluding hydrogens is 317 g/mol. The number of hydrogen-bond donors (Lipinski definition) is 1. The van der Waals surface area contributed by atoms with Crippen LogP contribution in [0.2, 0.25) is 0 Å². The lowest BCUT2D eigenvalue weighted by molar-refractivity contribution is -0.131. The molecule has 2 unspecified atom stereocenters. The number of nitrogens with zero attached hydrogens (tertiary/aromatic N) is 2. The van der Waals surface area contributed by atoms with E-state index in [9.17, 15) is 9.18 Å². The maximum Gasteiger partial charge on any atom is 0.237 e. The lowest BCUT2D eigenvalue weighted by Crippen LogP contribution is -2.64. The van der Waals surface area contributed by atoms with Gasteiger partial charge in [-0.25, -0.2) is 4.39 Å². The van der Waals surface area contributed by atoms with Gasteiger partial charge >= 0.3 is 0 Å². The van der Waals surface area contributed by atoms with Crippen molar-refractivity contribution >= 4 is 17.5 Å². The number of nitrogens with one attached hydrogen (secondary N) is 1. The molecule has 126 valence electrons. The van der Waals surface area contributed by atoms with Gasteiger partial charge < -0.3 is 10.2 Å². The number of rotatable bonds is 3. The Hall–Kier alpha value is -0.860. The Morgan fingerprint density at radius 2 is 2.00 bits per heavy atom. The molecular formula is C17H23ClFN3O. The van der Waals surface area contributed by atoms with Crippen LogP contribution in [0.3, 0.4) is 0 Å². The first kappa shape index (κ1) is 15.7. The van der Waals surface area contributed by atoms with Gasteiger partial charge in [0.25, 0.3) is 0 Å². The number of carbonyl (C=O) groups is 1. The minimum Gasteiger partial charge on any atom is -0.323 e. The van der Waals surface area contributed by atoms with Crippen molar-refractivity contribution in [3.05, 3.63) is 0 Å². The van der Waals surface area contributed by atoms with Crippen molar-refractivity contribution in [2.45, 2.75) is 67.6 Å². The number of likely N-dealkylation sites (tertiary alicyclic amines) is 1. The summed E-state index contributed by atoms with van der Waals surface area (Å²) in [6, 6.07) is 1.43. The first-order chi connectivity index (χ1) is 10.9. The SMILES string of the molecule is N#C[C@@H]1C[C@H](F)CN1C(=O)CNC12CC3CC(CC(Cl)(C3)C1)C2. The van der Waals surface area contributed by atoms with Gasteiger partial charge in [0.05, 0.1) is 19.2 Å². The lowest BCUT2D eigenvalue weighted by Gasteiger charge is -2.60. The van der Waals surface area contributed by atoms with Gasteiger partial charge in [-0.2, -0.15) is 5.26 Å². The number of hydrogen-bond acceptors (Lipinski definition) is 3. The van der Waals surface area contributed by atoms with Crippen LogP contribution >= 0.6 is 11.6 Å². The van der Waals surface area contributed by atoms with E-state index in [4.69, 9.17) is 16.9 Å². The van der Waals surface area contributed by atoms with Gasteiger partial charge in [0, 0.05) is 16.8 Å². The second-order valence-electron chi connectivity index (χ2n) is 8.27. The normalized spacial score (nSPS) is 47.8. The van der Waals surface area contributed by atoms with Gasteiger partial charge in [-0.15, -0.1) is 11.6 Å². The monoisotopic (exact) mass is 339 g/mol. The highest BCUT2D eigenvalue weighted by atomic mass is 35.5. The topological polar surface area (TPSA) is 56.1 Å². The van der Waals surface area contributed by atoms with Crippen molar-refractivity contribution in [1.29, 1.82) is 5.26 Å². The maximum absolute atomic E-state index is 13.5. The molecule has 1 N–H and O–H groups in total. The van der Waals surface area contributed by atoms with E-state index >= 15 is 0 Å². The first-order valence-corrected chi connectivity index (χ1v) is 9.05. The maximum atomic E-state index is 13.5. The highest BCUT2D eigenvalue weighted by Gasteiger charge is 2.57. The molecule has 0 radical (unpaired) electrons. The van der Waals surface area contributed by atoms with Crippen LogP contribution in [0.1, 0.15) is 44.9 Å². The summed E-state index contributed by atoms with van der Waals surface area (Å²) in [5, 5.41) is 12.6. The summed E-state index contributed by atoms with van der Waals surface area (Å²) in [7, 11) is 0. The second-order valence-corrected chi connectivity index (χ2v) is 9.07. The predicted octanol–water partition coefficient (Wildman–Crippen LogP) is 2.37. The second kappa shape index (κ2) is 5.32. The van der Waals surface area contributed by atoms with Crippen LogP contribution < -0.4 is 5.32 Å². The minimum atomic E-state index is -1.07. The molecule has 4 saturated carbocycles. The van der Waals surface area contributed by atoms with Crippen LogP contribution in [0, 0.1) is 23.2 Å². The fraction of sp³-hybridized carbons (Fsp3) is 0.882. The Labute approximate surface area is 141 Å². The molecule has 5 aliphatic rings. The Balaban J connectivity index is 1.41. The summed E-state index contributed by atoms with van der Waals surface area (Å²) < 4.78 is 13.5. The van der Waals surface area contributed by atoms with E-state index in [0.29, 0.717) is 11.8 Å². The summed E-state index contributed by atoms with van der Waals surface area (Å²) >= 11 is 6.80. The van der Waals surface area contributed by atoms with Gasteiger partial charge in [0.15, 0.2) is 0 Å². The van der Waals surface area contributed by atoms with Crippen molar-refractivity contribution in [3.8, 4) is 6.07 Å². The Bertz CT molecular complexity index is 549. The number of nitriles is 1. The summed E-state index contributed by atoms with van der Waals surface area (Å²) in [5.41, 5.74) is -0.0293. The Morgan fingerprint density at radius 3 is 2.61 bits per heavy atom. The van der Waals surface area contributed by atoms with E-state index in [2.05, 4.69) is 5.32 Å². The highest BCUT2D eigenvalue weighted by Crippen LogP contribution is 2.59. The Morgan fingerprint density at radius 1 is 1.30 bits per heavy atom. The third-order valence-corrected chi connectivity index (χ3v) is 6.77. The van der Waals surface area contributed by atoms with E-state index < -0.39 is 12.2 Å². The quantitative estimate of drug-likeness (QED) is 0.803. The van der Waals surface area contributed by atoms with E-state index in [1.807, 2.05) is 6.07 Å². The third kappa shape index (κ3) is 2.74. The van der Waals surface area contributed by atoms with Crippen LogP contribution in [0.4, 0.5) is 4.39 Å². The lowest BCUT2D eigenvalue weighted by atomic mass is 9.52. The van der Waals surface area contributed by atoms with Crippen molar-refractivity contribution < 1.29 is 9.18 Å². The van der Waals surface area contributed by atoms with Crippen LogP contribution in [0.5, 0.6) is 0 Å². The molecule has 0 spiro atoms. The number of alkyl halides is 2. The zero-order valence-corrected chi connectivity index (χ0v) is 14.0. The molecule has 0 aromatic heterocycles. The molecule has 4 nitrogen and oxygen atoms in total. The summed E-state index contributed by atoms with van der Waals surface area (Å²) in [5.74, 6) is 1.19. The predicted molar refractivity (Wildman–Crippen MR) is 84.6 cm³/mol. The molecule has 6 heteroatoms. The molecule has 1 heterocycles. The summed E-state index contributed by atoms with van der Waals surface area (Å²) in [6.45, 7) is 0.244. The summed E-state index contributed by atoms with van der Waals surface area (Å²) in [6.07, 6.45) is 5.67. The van der Waals surface area contributed by atoms with E-state index in [0.717, 1.165) is 32.1 Å². The minimum absolute atomic E-state index is 0.0293. The van der Waals surface area contributed by atoms with Crippen molar-refractivity contribution in [2.24, 2.45) is 11.8 Å². The molecule has 4 atom stereocenters. The number of halogens is 2. The average molecular weight is 340 g/mol. The fourth-order valence-corrected chi connectivity index (χ4v) is 6.60. The fourth-order valence-electron chi connectivity index (χ4n) is 5.90. The molecule has 4 bridgehead atoms. The zero-order valence-electron chi connectivity index (χ0n) is 13.2. The van der Waals surface area contributed by atoms with Crippen LogP contribution in [-0.4, -0.2) is 46.5 Å². The standard InChI is InChI=1S/C17H23ClFN3O/c18-16-3-11-1-12(4-16)6-17(5-11,10-16)21-8-15(23)22-9-13(19)2-14(22)7-20/h11-14,21H,1-6,8-10H2/t11?,12?,13-,14-,16?,17?/m0/s1. The van der Waals surface area contributed by atoms with Gasteiger partial charge in [0.2, 0.25) is 5.91 Å². The van der Waals surface area contributed by atoms with E-state index in [-0.39, 0.29) is 35.8 Å². The van der Waals surface area contributed by atoms with Crippen molar-refractivity contribution in [3.63, 3.8) is 0 Å². The molecule has 1 amide bonds. The van der Waals surface area contributed by atoms with Crippen LogP contribution in [0.25, 0.3) is 0 Å². The molecule has 1 aliphatic heterocycles. The van der Waals surface area contributed by atoms with E-state index in [1.165, 1.54) is 11.3 Å². The molecule has 5 rings (SSSR count). The molecule has 5 fully saturated rings. The van der Waals surface area contributed by atoms with Gasteiger partial charge in [-0.05, 0) is 50.4 Å². The van der Waals surface area contributed by atoms with Gasteiger partial charge in [-0.3, -0.25) is 4.79 Å². The van der Waals surface area contributed by atoms with Gasteiger partial charge in [-0.1, -0.05) is 0 Å². The van der Waals surface area contributed by atoms with Crippen LogP contribution in [0.15, 0.2) is 0 Å². The smallest absolute Gasteiger partial charge is 0.237 e. The molecule has 0 aromatic rings. The highest BCUT2D eigenvalue weighted by molar-refractivity contribution is 6.24. The third-order valence-electron chi connectivity index (χ3n) is 6.32. The molecule has 4 aliphatic carbocycles. The average Bonchev–Trinajstić information content (AvgIpc) is 2.83. The van der Waals surface area contributed by atoms with E-state index in [1.54, 1.807) is 0 Å². The largest absolute Gasteiger partial charge is 0.323 e.